The van der Waals surface area contributed by atoms with Gasteiger partial charge in [0, 0.05) is 32.7 Å². The van der Waals surface area contributed by atoms with Crippen molar-refractivity contribution in [3.63, 3.8) is 0 Å². The molecule has 150 valence electrons. The van der Waals surface area contributed by atoms with Crippen LogP contribution in [0.3, 0.4) is 0 Å². The van der Waals surface area contributed by atoms with Crippen LogP contribution in [0.1, 0.15) is 18.1 Å². The Morgan fingerprint density at radius 2 is 1.76 bits per heavy atom. The zero-order chi connectivity index (χ0) is 19.8. The van der Waals surface area contributed by atoms with Crippen LogP contribution in [-0.2, 0) is 17.8 Å². The van der Waals surface area contributed by atoms with Gasteiger partial charge in [0.15, 0.2) is 5.58 Å². The summed E-state index contributed by atoms with van der Waals surface area (Å²) in [6.07, 6.45) is 0.800. The minimum atomic E-state index is -0.0641. The smallest absolute Gasteiger partial charge is 0.298 e. The Morgan fingerprint density at radius 1 is 1.03 bits per heavy atom. The lowest BCUT2D eigenvalue weighted by Gasteiger charge is -2.40. The van der Waals surface area contributed by atoms with E-state index in [1.165, 1.54) is 11.1 Å². The molecule has 0 saturated carbocycles. The monoisotopic (exact) mass is 390 g/mol. The minimum Gasteiger partial charge on any atom is -0.423 e. The predicted molar refractivity (Wildman–Crippen MR) is 113 cm³/mol. The lowest BCUT2D eigenvalue weighted by Crippen LogP contribution is -2.56. The molecule has 6 heteroatoms. The Morgan fingerprint density at radius 3 is 2.52 bits per heavy atom. The first-order chi connectivity index (χ1) is 14.2. The minimum absolute atomic E-state index is 0.0641. The van der Waals surface area contributed by atoms with E-state index in [0.717, 1.165) is 43.7 Å². The second-order valence-electron chi connectivity index (χ2n) is 7.83. The highest BCUT2D eigenvalue weighted by Crippen LogP contribution is 2.26. The first kappa shape index (κ1) is 18.2. The number of anilines is 1. The molecule has 6 nitrogen and oxygen atoms in total. The van der Waals surface area contributed by atoms with Crippen molar-refractivity contribution in [1.82, 2.24) is 14.8 Å². The number of likely N-dealkylation sites (N-methyl/N-ethyl adjacent to an activating group) is 1. The number of piperazine rings is 1. The molecule has 1 atom stereocenters. The normalized spacial score (nSPS) is 20.1. The summed E-state index contributed by atoms with van der Waals surface area (Å²) in [5, 5.41) is 0. The third-order valence-corrected chi connectivity index (χ3v) is 6.18. The van der Waals surface area contributed by atoms with Crippen LogP contribution in [0.4, 0.5) is 6.01 Å². The molecule has 0 aliphatic carbocycles. The van der Waals surface area contributed by atoms with Crippen LogP contribution in [0.2, 0.25) is 0 Å². The van der Waals surface area contributed by atoms with Crippen LogP contribution in [0.25, 0.3) is 11.1 Å². The van der Waals surface area contributed by atoms with Crippen LogP contribution in [-0.4, -0.2) is 59.5 Å². The number of hydrogen-bond acceptors (Lipinski definition) is 5. The quantitative estimate of drug-likeness (QED) is 0.688. The average Bonchev–Trinajstić information content (AvgIpc) is 3.22. The fourth-order valence-electron chi connectivity index (χ4n) is 4.48. The number of amides is 1. The SMILES string of the molecule is CCN1Cc2ccccc2CC1C(=O)N1CCN(c2nc3ccccc3o2)CC1. The van der Waals surface area contributed by atoms with Gasteiger partial charge < -0.3 is 14.2 Å². The number of hydrogen-bond donors (Lipinski definition) is 0. The second-order valence-corrected chi connectivity index (χ2v) is 7.83. The average molecular weight is 390 g/mol. The van der Waals surface area contributed by atoms with E-state index >= 15 is 0 Å². The van der Waals surface area contributed by atoms with Crippen molar-refractivity contribution in [1.29, 1.82) is 0 Å². The first-order valence-electron chi connectivity index (χ1n) is 10.4. The van der Waals surface area contributed by atoms with E-state index in [4.69, 9.17) is 4.42 Å². The number of carbonyl (C=O) groups excluding carboxylic acids is 1. The Kier molecular flexibility index (Phi) is 4.72. The second kappa shape index (κ2) is 7.52. The molecule has 3 aromatic rings. The fourth-order valence-corrected chi connectivity index (χ4v) is 4.48. The number of carbonyl (C=O) groups is 1. The number of rotatable bonds is 3. The number of nitrogens with zero attached hydrogens (tertiary/aromatic N) is 4. The number of fused-ring (bicyclic) bond motifs is 2. The maximum atomic E-state index is 13.3. The van der Waals surface area contributed by atoms with Crippen LogP contribution in [0, 0.1) is 0 Å². The van der Waals surface area contributed by atoms with Gasteiger partial charge in [0.2, 0.25) is 5.91 Å². The van der Waals surface area contributed by atoms with Gasteiger partial charge in [0.05, 0.1) is 6.04 Å². The van der Waals surface area contributed by atoms with Crippen LogP contribution < -0.4 is 4.90 Å². The van der Waals surface area contributed by atoms with Gasteiger partial charge in [-0.25, -0.2) is 0 Å². The summed E-state index contributed by atoms with van der Waals surface area (Å²) in [6, 6.07) is 16.9. The summed E-state index contributed by atoms with van der Waals surface area (Å²) in [5.74, 6) is 0.249. The largest absolute Gasteiger partial charge is 0.423 e. The van der Waals surface area contributed by atoms with Crippen molar-refractivity contribution in [3.05, 3.63) is 59.7 Å². The summed E-state index contributed by atoms with van der Waals surface area (Å²) >= 11 is 0. The van der Waals surface area contributed by atoms with E-state index in [1.54, 1.807) is 0 Å². The predicted octanol–water partition coefficient (Wildman–Crippen LogP) is 2.92. The number of para-hydroxylation sites is 2. The van der Waals surface area contributed by atoms with Crippen LogP contribution in [0.5, 0.6) is 0 Å². The highest BCUT2D eigenvalue weighted by atomic mass is 16.4. The molecule has 1 saturated heterocycles. The zero-order valence-corrected chi connectivity index (χ0v) is 16.8. The van der Waals surface area contributed by atoms with Gasteiger partial charge in [-0.15, -0.1) is 0 Å². The molecule has 2 aromatic carbocycles. The van der Waals surface area contributed by atoms with Crippen molar-refractivity contribution < 1.29 is 9.21 Å². The number of benzene rings is 2. The van der Waals surface area contributed by atoms with Gasteiger partial charge in [-0.05, 0) is 36.2 Å². The summed E-state index contributed by atoms with van der Waals surface area (Å²) in [5.41, 5.74) is 4.33. The highest BCUT2D eigenvalue weighted by molar-refractivity contribution is 5.83. The van der Waals surface area contributed by atoms with Gasteiger partial charge in [-0.1, -0.05) is 43.3 Å². The topological polar surface area (TPSA) is 52.8 Å². The summed E-state index contributed by atoms with van der Waals surface area (Å²) < 4.78 is 5.90. The van der Waals surface area contributed by atoms with Crippen LogP contribution >= 0.6 is 0 Å². The molecule has 5 rings (SSSR count). The molecule has 0 spiro atoms. The molecule has 2 aliphatic rings. The molecule has 0 radical (unpaired) electrons. The molecule has 1 amide bonds. The van der Waals surface area contributed by atoms with Gasteiger partial charge in [-0.2, -0.15) is 4.98 Å². The Bertz CT molecular complexity index is 989. The van der Waals surface area contributed by atoms with E-state index in [9.17, 15) is 4.79 Å². The number of aromatic nitrogens is 1. The van der Waals surface area contributed by atoms with Crippen molar-refractivity contribution in [2.45, 2.75) is 25.9 Å². The molecule has 1 fully saturated rings. The van der Waals surface area contributed by atoms with E-state index in [2.05, 4.69) is 46.0 Å². The Hall–Kier alpha value is -2.86. The highest BCUT2D eigenvalue weighted by Gasteiger charge is 2.34. The molecule has 1 aromatic heterocycles. The van der Waals surface area contributed by atoms with Crippen LogP contribution in [0.15, 0.2) is 52.9 Å². The molecule has 2 aliphatic heterocycles. The fraction of sp³-hybridized carbons (Fsp3) is 0.391. The third kappa shape index (κ3) is 3.38. The number of oxazole rings is 1. The van der Waals surface area contributed by atoms with Crippen molar-refractivity contribution >= 4 is 23.0 Å². The molecule has 3 heterocycles. The molecular weight excluding hydrogens is 364 g/mol. The van der Waals surface area contributed by atoms with E-state index in [1.807, 2.05) is 29.2 Å². The lowest BCUT2D eigenvalue weighted by molar-refractivity contribution is -0.138. The lowest BCUT2D eigenvalue weighted by atomic mass is 9.93. The molecular formula is C23H26N4O2. The third-order valence-electron chi connectivity index (χ3n) is 6.18. The molecule has 0 N–H and O–H groups in total. The van der Waals surface area contributed by atoms with E-state index in [-0.39, 0.29) is 11.9 Å². The molecule has 1 unspecified atom stereocenters. The Labute approximate surface area is 170 Å². The Balaban J connectivity index is 1.27. The standard InChI is InChI=1S/C23H26N4O2/c1-2-25-16-18-8-4-3-7-17(18)15-20(25)22(28)26-11-13-27(14-12-26)23-24-19-9-5-6-10-21(19)29-23/h3-10,20H,2,11-16H2,1H3. The summed E-state index contributed by atoms with van der Waals surface area (Å²) in [6.45, 7) is 6.77. The van der Waals surface area contributed by atoms with Gasteiger partial charge >= 0.3 is 0 Å². The molecule has 0 bridgehead atoms. The van der Waals surface area contributed by atoms with Gasteiger partial charge in [0.25, 0.3) is 6.01 Å². The summed E-state index contributed by atoms with van der Waals surface area (Å²) in [4.78, 5) is 24.4. The first-order valence-corrected chi connectivity index (χ1v) is 10.4. The maximum absolute atomic E-state index is 13.3. The van der Waals surface area contributed by atoms with Crippen molar-refractivity contribution in [2.24, 2.45) is 0 Å². The summed E-state index contributed by atoms with van der Waals surface area (Å²) in [7, 11) is 0. The van der Waals surface area contributed by atoms with E-state index in [0.29, 0.717) is 19.1 Å². The zero-order valence-electron chi connectivity index (χ0n) is 16.8. The van der Waals surface area contributed by atoms with Crippen molar-refractivity contribution in [2.75, 3.05) is 37.6 Å². The molecule has 29 heavy (non-hydrogen) atoms. The van der Waals surface area contributed by atoms with Crippen molar-refractivity contribution in [3.8, 4) is 0 Å². The van der Waals surface area contributed by atoms with Gasteiger partial charge in [-0.3, -0.25) is 9.69 Å². The van der Waals surface area contributed by atoms with E-state index < -0.39 is 0 Å². The maximum Gasteiger partial charge on any atom is 0.298 e. The van der Waals surface area contributed by atoms with Gasteiger partial charge in [0.1, 0.15) is 5.52 Å².